The summed E-state index contributed by atoms with van der Waals surface area (Å²) in [6.45, 7) is 8.13. The van der Waals surface area contributed by atoms with Gasteiger partial charge in [0.05, 0.1) is 12.4 Å². The van der Waals surface area contributed by atoms with E-state index in [4.69, 9.17) is 10.5 Å². The lowest BCUT2D eigenvalue weighted by Crippen LogP contribution is -2.39. The van der Waals surface area contributed by atoms with Crippen molar-refractivity contribution in [2.75, 3.05) is 31.1 Å². The fourth-order valence-electron chi connectivity index (χ4n) is 2.27. The van der Waals surface area contributed by atoms with Gasteiger partial charge in [-0.2, -0.15) is 0 Å². The van der Waals surface area contributed by atoms with Crippen LogP contribution >= 0.6 is 0 Å². The highest BCUT2D eigenvalue weighted by molar-refractivity contribution is 5.90. The second-order valence-electron chi connectivity index (χ2n) is 6.43. The van der Waals surface area contributed by atoms with E-state index in [0.29, 0.717) is 25.5 Å². The lowest BCUT2D eigenvalue weighted by atomic mass is 10.2. The quantitative estimate of drug-likeness (QED) is 0.872. The standard InChI is InChI=1S/C15H23N5O3/c1-15(2,3)23-14(22)20-6-4-5-19(7-8-20)12-10-17-11(9-18-12)13(16)21/h9-10H,4-8H2,1-3H3,(H2,16,21). The molecule has 0 unspecified atom stereocenters. The van der Waals surface area contributed by atoms with Gasteiger partial charge in [0.1, 0.15) is 17.1 Å². The molecule has 0 radical (unpaired) electrons. The van der Waals surface area contributed by atoms with Crippen molar-refractivity contribution < 1.29 is 14.3 Å². The molecule has 0 bridgehead atoms. The molecular formula is C15H23N5O3. The molecule has 1 aromatic heterocycles. The van der Waals surface area contributed by atoms with Crippen molar-refractivity contribution in [3.8, 4) is 0 Å². The van der Waals surface area contributed by atoms with E-state index in [2.05, 4.69) is 9.97 Å². The van der Waals surface area contributed by atoms with Gasteiger partial charge < -0.3 is 20.3 Å². The summed E-state index contributed by atoms with van der Waals surface area (Å²) in [4.78, 5) is 35.1. The number of carbonyl (C=O) groups is 2. The van der Waals surface area contributed by atoms with Crippen LogP contribution in [0.15, 0.2) is 12.4 Å². The molecule has 1 aliphatic rings. The number of ether oxygens (including phenoxy) is 1. The van der Waals surface area contributed by atoms with Gasteiger partial charge in [-0.1, -0.05) is 0 Å². The molecule has 0 spiro atoms. The number of carbonyl (C=O) groups excluding carboxylic acids is 2. The molecule has 2 heterocycles. The van der Waals surface area contributed by atoms with Crippen LogP contribution in [-0.2, 0) is 4.74 Å². The molecular weight excluding hydrogens is 298 g/mol. The summed E-state index contributed by atoms with van der Waals surface area (Å²) in [5.74, 6) is 0.0667. The number of nitrogens with zero attached hydrogens (tertiary/aromatic N) is 4. The Bertz CT molecular complexity index is 567. The van der Waals surface area contributed by atoms with Crippen molar-refractivity contribution >= 4 is 17.8 Å². The number of anilines is 1. The van der Waals surface area contributed by atoms with Crippen molar-refractivity contribution in [1.82, 2.24) is 14.9 Å². The van der Waals surface area contributed by atoms with Crippen LogP contribution in [0.3, 0.4) is 0 Å². The first-order valence-electron chi connectivity index (χ1n) is 7.61. The van der Waals surface area contributed by atoms with Crippen LogP contribution in [0.4, 0.5) is 10.6 Å². The van der Waals surface area contributed by atoms with E-state index in [1.165, 1.54) is 12.4 Å². The minimum absolute atomic E-state index is 0.138. The van der Waals surface area contributed by atoms with Gasteiger partial charge in [-0.25, -0.2) is 14.8 Å². The second kappa shape index (κ2) is 6.80. The number of rotatable bonds is 2. The van der Waals surface area contributed by atoms with Gasteiger partial charge in [0.25, 0.3) is 5.91 Å². The Balaban J connectivity index is 1.98. The third-order valence-corrected chi connectivity index (χ3v) is 3.36. The third kappa shape index (κ3) is 4.80. The van der Waals surface area contributed by atoms with Gasteiger partial charge >= 0.3 is 6.09 Å². The summed E-state index contributed by atoms with van der Waals surface area (Å²) in [6, 6.07) is 0. The van der Waals surface area contributed by atoms with E-state index < -0.39 is 11.5 Å². The largest absolute Gasteiger partial charge is 0.444 e. The molecule has 8 nitrogen and oxygen atoms in total. The Hall–Kier alpha value is -2.38. The molecule has 1 fully saturated rings. The van der Waals surface area contributed by atoms with Crippen LogP contribution in [0.1, 0.15) is 37.7 Å². The summed E-state index contributed by atoms with van der Waals surface area (Å²) in [7, 11) is 0. The van der Waals surface area contributed by atoms with E-state index in [-0.39, 0.29) is 11.8 Å². The summed E-state index contributed by atoms with van der Waals surface area (Å²) < 4.78 is 5.40. The van der Waals surface area contributed by atoms with Gasteiger partial charge in [0.15, 0.2) is 0 Å². The maximum Gasteiger partial charge on any atom is 0.410 e. The molecule has 23 heavy (non-hydrogen) atoms. The van der Waals surface area contributed by atoms with Gasteiger partial charge in [0, 0.05) is 26.2 Å². The van der Waals surface area contributed by atoms with Crippen LogP contribution in [0.25, 0.3) is 0 Å². The SMILES string of the molecule is CC(C)(C)OC(=O)N1CCCN(c2cnc(C(N)=O)cn2)CC1. The Morgan fingerprint density at radius 1 is 1.13 bits per heavy atom. The summed E-state index contributed by atoms with van der Waals surface area (Å²) >= 11 is 0. The zero-order valence-electron chi connectivity index (χ0n) is 13.8. The van der Waals surface area contributed by atoms with Crippen LogP contribution in [0.2, 0.25) is 0 Å². The van der Waals surface area contributed by atoms with Crippen LogP contribution in [0.5, 0.6) is 0 Å². The molecule has 2 rings (SSSR count). The van der Waals surface area contributed by atoms with Crippen LogP contribution in [-0.4, -0.2) is 58.6 Å². The summed E-state index contributed by atoms with van der Waals surface area (Å²) in [5, 5.41) is 0. The number of aromatic nitrogens is 2. The number of hydrogen-bond acceptors (Lipinski definition) is 6. The van der Waals surface area contributed by atoms with Crippen molar-refractivity contribution in [3.05, 3.63) is 18.1 Å². The molecule has 2 N–H and O–H groups in total. The number of nitrogens with two attached hydrogens (primary N) is 1. The number of amides is 2. The van der Waals surface area contributed by atoms with Gasteiger partial charge in [0.2, 0.25) is 0 Å². The number of hydrogen-bond donors (Lipinski definition) is 1. The van der Waals surface area contributed by atoms with Crippen molar-refractivity contribution in [2.45, 2.75) is 32.8 Å². The summed E-state index contributed by atoms with van der Waals surface area (Å²) in [5.41, 5.74) is 4.79. The smallest absolute Gasteiger partial charge is 0.410 e. The van der Waals surface area contributed by atoms with E-state index in [1.54, 1.807) is 4.90 Å². The Morgan fingerprint density at radius 3 is 2.43 bits per heavy atom. The molecule has 0 aliphatic carbocycles. The molecule has 2 amide bonds. The van der Waals surface area contributed by atoms with Crippen molar-refractivity contribution in [1.29, 1.82) is 0 Å². The fraction of sp³-hybridized carbons (Fsp3) is 0.600. The topological polar surface area (TPSA) is 102 Å². The van der Waals surface area contributed by atoms with E-state index >= 15 is 0 Å². The summed E-state index contributed by atoms with van der Waals surface area (Å²) in [6.07, 6.45) is 3.41. The maximum absolute atomic E-state index is 12.1. The lowest BCUT2D eigenvalue weighted by Gasteiger charge is -2.26. The van der Waals surface area contributed by atoms with E-state index in [1.807, 2.05) is 25.7 Å². The van der Waals surface area contributed by atoms with Crippen molar-refractivity contribution in [2.24, 2.45) is 5.73 Å². The van der Waals surface area contributed by atoms with Crippen molar-refractivity contribution in [3.63, 3.8) is 0 Å². The van der Waals surface area contributed by atoms with Gasteiger partial charge in [-0.05, 0) is 27.2 Å². The molecule has 8 heteroatoms. The first kappa shape index (κ1) is 17.0. The monoisotopic (exact) mass is 321 g/mol. The van der Waals surface area contributed by atoms with Crippen LogP contribution < -0.4 is 10.6 Å². The average Bonchev–Trinajstić information content (AvgIpc) is 2.71. The maximum atomic E-state index is 12.1. The molecule has 1 aromatic rings. The van der Waals surface area contributed by atoms with Crippen LogP contribution in [0, 0.1) is 0 Å². The normalized spacial score (nSPS) is 16.0. The third-order valence-electron chi connectivity index (χ3n) is 3.36. The Kier molecular flexibility index (Phi) is 5.02. The van der Waals surface area contributed by atoms with Gasteiger partial charge in [-0.3, -0.25) is 4.79 Å². The first-order chi connectivity index (χ1) is 10.8. The Morgan fingerprint density at radius 2 is 1.87 bits per heavy atom. The minimum atomic E-state index is -0.601. The zero-order chi connectivity index (χ0) is 17.0. The molecule has 0 aromatic carbocycles. The van der Waals surface area contributed by atoms with E-state index in [9.17, 15) is 9.59 Å². The minimum Gasteiger partial charge on any atom is -0.444 e. The first-order valence-corrected chi connectivity index (χ1v) is 7.61. The molecule has 1 saturated heterocycles. The lowest BCUT2D eigenvalue weighted by molar-refractivity contribution is 0.0263. The van der Waals surface area contributed by atoms with Gasteiger partial charge in [-0.15, -0.1) is 0 Å². The highest BCUT2D eigenvalue weighted by Crippen LogP contribution is 2.15. The fourth-order valence-corrected chi connectivity index (χ4v) is 2.27. The Labute approximate surface area is 135 Å². The number of primary amides is 1. The zero-order valence-corrected chi connectivity index (χ0v) is 13.8. The predicted octanol–water partition coefficient (Wildman–Crippen LogP) is 1.02. The second-order valence-corrected chi connectivity index (χ2v) is 6.43. The average molecular weight is 321 g/mol. The highest BCUT2D eigenvalue weighted by Gasteiger charge is 2.24. The molecule has 0 saturated carbocycles. The predicted molar refractivity (Wildman–Crippen MR) is 85.2 cm³/mol. The molecule has 1 aliphatic heterocycles. The molecule has 126 valence electrons. The highest BCUT2D eigenvalue weighted by atomic mass is 16.6. The molecule has 0 atom stereocenters. The van der Waals surface area contributed by atoms with E-state index in [0.717, 1.165) is 13.0 Å².